The molecule has 0 saturated heterocycles. The van der Waals surface area contributed by atoms with E-state index in [2.05, 4.69) is 15.4 Å². The molecule has 0 aliphatic heterocycles. The zero-order chi connectivity index (χ0) is 19.4. The molecule has 0 spiro atoms. The number of benzene rings is 2. The summed E-state index contributed by atoms with van der Waals surface area (Å²) in [5.41, 5.74) is 1.46. The van der Waals surface area contributed by atoms with E-state index in [1.807, 2.05) is 0 Å². The Morgan fingerprint density at radius 1 is 1.15 bits per heavy atom. The molecule has 8 heteroatoms. The second kappa shape index (κ2) is 8.35. The van der Waals surface area contributed by atoms with Gasteiger partial charge in [-0.05, 0) is 48.7 Å². The lowest BCUT2D eigenvalue weighted by atomic mass is 10.1. The van der Waals surface area contributed by atoms with Crippen LogP contribution in [0.4, 0.5) is 14.5 Å². The molecule has 3 rings (SSSR count). The number of rotatable bonds is 7. The monoisotopic (exact) mass is 394 g/mol. The van der Waals surface area contributed by atoms with Crippen molar-refractivity contribution in [1.29, 1.82) is 0 Å². The van der Waals surface area contributed by atoms with Crippen molar-refractivity contribution in [3.63, 3.8) is 0 Å². The molecule has 1 aliphatic carbocycles. The summed E-state index contributed by atoms with van der Waals surface area (Å²) in [4.78, 5) is 24.2. The summed E-state index contributed by atoms with van der Waals surface area (Å²) in [6.07, 6.45) is 2.01. The van der Waals surface area contributed by atoms with Gasteiger partial charge in [0.25, 0.3) is 5.91 Å². The van der Waals surface area contributed by atoms with Crippen LogP contribution in [-0.4, -0.2) is 24.5 Å². The van der Waals surface area contributed by atoms with Crippen molar-refractivity contribution in [2.45, 2.75) is 31.9 Å². The minimum atomic E-state index is -2.89. The maximum Gasteiger partial charge on any atom is 0.387 e. The standard InChI is InChI=1S/C19H17ClF2N2O3/c20-16-10-13(5-8-15(16)18(26)24-12-3-4-12)23-17(25)9-11-1-6-14(7-2-11)27-19(21)22/h1-2,5-8,10,12,19H,3-4,9H2,(H,23,25)(H,24,26). The minimum absolute atomic E-state index is 0.0287. The van der Waals surface area contributed by atoms with Crippen LogP contribution in [-0.2, 0) is 11.2 Å². The maximum atomic E-state index is 12.1. The third-order valence-electron chi connectivity index (χ3n) is 3.92. The van der Waals surface area contributed by atoms with Crippen molar-refractivity contribution in [1.82, 2.24) is 5.32 Å². The van der Waals surface area contributed by atoms with Crippen LogP contribution >= 0.6 is 11.6 Å². The zero-order valence-electron chi connectivity index (χ0n) is 14.2. The van der Waals surface area contributed by atoms with Crippen molar-refractivity contribution in [2.75, 3.05) is 5.32 Å². The molecule has 0 heterocycles. The third-order valence-corrected chi connectivity index (χ3v) is 4.24. The molecule has 1 fully saturated rings. The largest absolute Gasteiger partial charge is 0.435 e. The van der Waals surface area contributed by atoms with E-state index in [4.69, 9.17) is 11.6 Å². The van der Waals surface area contributed by atoms with Crippen LogP contribution in [0.3, 0.4) is 0 Å². The number of alkyl halides is 2. The van der Waals surface area contributed by atoms with Crippen molar-refractivity contribution < 1.29 is 23.1 Å². The Morgan fingerprint density at radius 2 is 1.85 bits per heavy atom. The molecule has 0 radical (unpaired) electrons. The van der Waals surface area contributed by atoms with E-state index in [1.165, 1.54) is 30.3 Å². The van der Waals surface area contributed by atoms with Crippen molar-refractivity contribution >= 4 is 29.1 Å². The van der Waals surface area contributed by atoms with E-state index in [0.717, 1.165) is 12.8 Å². The number of carbonyl (C=O) groups is 2. The molecule has 1 saturated carbocycles. The van der Waals surface area contributed by atoms with E-state index < -0.39 is 6.61 Å². The van der Waals surface area contributed by atoms with Crippen LogP contribution in [0, 0.1) is 0 Å². The molecule has 2 N–H and O–H groups in total. The van der Waals surface area contributed by atoms with Crippen LogP contribution in [0.2, 0.25) is 5.02 Å². The highest BCUT2D eigenvalue weighted by atomic mass is 35.5. The topological polar surface area (TPSA) is 67.4 Å². The first kappa shape index (κ1) is 19.1. The smallest absolute Gasteiger partial charge is 0.387 e. The average Bonchev–Trinajstić information content (AvgIpc) is 3.40. The van der Waals surface area contributed by atoms with Gasteiger partial charge in [-0.3, -0.25) is 9.59 Å². The summed E-state index contributed by atoms with van der Waals surface area (Å²) in [7, 11) is 0. The number of ether oxygens (including phenoxy) is 1. The van der Waals surface area contributed by atoms with Gasteiger partial charge < -0.3 is 15.4 Å². The van der Waals surface area contributed by atoms with Gasteiger partial charge in [0.2, 0.25) is 5.91 Å². The molecular weight excluding hydrogens is 378 g/mol. The number of halogens is 3. The minimum Gasteiger partial charge on any atom is -0.435 e. The fraction of sp³-hybridized carbons (Fsp3) is 0.263. The average molecular weight is 395 g/mol. The van der Waals surface area contributed by atoms with Gasteiger partial charge in [0.15, 0.2) is 0 Å². The van der Waals surface area contributed by atoms with Gasteiger partial charge in [0.05, 0.1) is 17.0 Å². The van der Waals surface area contributed by atoms with E-state index in [0.29, 0.717) is 16.8 Å². The van der Waals surface area contributed by atoms with Crippen LogP contribution in [0.15, 0.2) is 42.5 Å². The molecule has 27 heavy (non-hydrogen) atoms. The Balaban J connectivity index is 1.57. The fourth-order valence-electron chi connectivity index (χ4n) is 2.45. The highest BCUT2D eigenvalue weighted by Gasteiger charge is 2.24. The van der Waals surface area contributed by atoms with E-state index >= 15 is 0 Å². The van der Waals surface area contributed by atoms with Crippen LogP contribution < -0.4 is 15.4 Å². The molecule has 0 aromatic heterocycles. The summed E-state index contributed by atoms with van der Waals surface area (Å²) < 4.78 is 28.5. The first-order chi connectivity index (χ1) is 12.9. The molecule has 5 nitrogen and oxygen atoms in total. The first-order valence-corrected chi connectivity index (χ1v) is 8.72. The summed E-state index contributed by atoms with van der Waals surface area (Å²) in [6.45, 7) is -2.89. The normalized spacial score (nSPS) is 13.3. The predicted molar refractivity (Wildman–Crippen MR) is 97.3 cm³/mol. The molecule has 2 aromatic rings. The van der Waals surface area contributed by atoms with Crippen molar-refractivity contribution in [3.05, 3.63) is 58.6 Å². The van der Waals surface area contributed by atoms with Gasteiger partial charge in [-0.1, -0.05) is 23.7 Å². The lowest BCUT2D eigenvalue weighted by Gasteiger charge is -2.10. The second-order valence-electron chi connectivity index (χ2n) is 6.19. The Kier molecular flexibility index (Phi) is 5.91. The first-order valence-electron chi connectivity index (χ1n) is 8.35. The molecule has 1 aliphatic rings. The Hall–Kier alpha value is -2.67. The molecule has 142 valence electrons. The van der Waals surface area contributed by atoms with Crippen molar-refractivity contribution in [3.8, 4) is 5.75 Å². The molecule has 0 unspecified atom stereocenters. The number of anilines is 1. The summed E-state index contributed by atoms with van der Waals surface area (Å²) in [6, 6.07) is 10.7. The quantitative estimate of drug-likeness (QED) is 0.745. The van der Waals surface area contributed by atoms with Crippen LogP contribution in [0.25, 0.3) is 0 Å². The highest BCUT2D eigenvalue weighted by Crippen LogP contribution is 2.24. The predicted octanol–water partition coefficient (Wildman–Crippen LogP) is 4.01. The summed E-state index contributed by atoms with van der Waals surface area (Å²) in [5.74, 6) is -0.503. The number of hydrogen-bond acceptors (Lipinski definition) is 3. The van der Waals surface area contributed by atoms with Gasteiger partial charge >= 0.3 is 6.61 Å². The van der Waals surface area contributed by atoms with Crippen LogP contribution in [0.1, 0.15) is 28.8 Å². The SMILES string of the molecule is O=C(Cc1ccc(OC(F)F)cc1)Nc1ccc(C(=O)NC2CC2)c(Cl)c1. The van der Waals surface area contributed by atoms with Gasteiger partial charge in [-0.25, -0.2) is 0 Å². The lowest BCUT2D eigenvalue weighted by molar-refractivity contribution is -0.115. The Bertz CT molecular complexity index is 839. The number of carbonyl (C=O) groups excluding carboxylic acids is 2. The Labute approximate surface area is 159 Å². The van der Waals surface area contributed by atoms with Crippen molar-refractivity contribution in [2.24, 2.45) is 0 Å². The lowest BCUT2D eigenvalue weighted by Crippen LogP contribution is -2.25. The molecule has 0 bridgehead atoms. The summed E-state index contributed by atoms with van der Waals surface area (Å²) in [5, 5.41) is 5.79. The summed E-state index contributed by atoms with van der Waals surface area (Å²) >= 11 is 6.14. The van der Waals surface area contributed by atoms with E-state index in [9.17, 15) is 18.4 Å². The zero-order valence-corrected chi connectivity index (χ0v) is 14.9. The highest BCUT2D eigenvalue weighted by molar-refractivity contribution is 6.34. The van der Waals surface area contributed by atoms with E-state index in [-0.39, 0.29) is 35.0 Å². The maximum absolute atomic E-state index is 12.1. The Morgan fingerprint density at radius 3 is 2.44 bits per heavy atom. The fourth-order valence-corrected chi connectivity index (χ4v) is 2.71. The van der Waals surface area contributed by atoms with Gasteiger partial charge in [0, 0.05) is 11.7 Å². The molecule has 0 atom stereocenters. The molecule has 2 amide bonds. The van der Waals surface area contributed by atoms with Crippen LogP contribution in [0.5, 0.6) is 5.75 Å². The number of amides is 2. The van der Waals surface area contributed by atoms with Gasteiger partial charge in [-0.15, -0.1) is 0 Å². The molecular formula is C19H17ClF2N2O3. The van der Waals surface area contributed by atoms with Gasteiger partial charge in [0.1, 0.15) is 5.75 Å². The second-order valence-corrected chi connectivity index (χ2v) is 6.60. The van der Waals surface area contributed by atoms with E-state index in [1.54, 1.807) is 12.1 Å². The third kappa shape index (κ3) is 5.65. The molecule has 2 aromatic carbocycles. The van der Waals surface area contributed by atoms with Gasteiger partial charge in [-0.2, -0.15) is 8.78 Å². The number of hydrogen-bond donors (Lipinski definition) is 2. The number of nitrogens with one attached hydrogen (secondary N) is 2.